The van der Waals surface area contributed by atoms with E-state index >= 15 is 0 Å². The summed E-state index contributed by atoms with van der Waals surface area (Å²) in [6.07, 6.45) is 37.1. The second-order valence-electron chi connectivity index (χ2n) is 21.7. The average molecular weight is 857 g/mol. The predicted molar refractivity (Wildman–Crippen MR) is 245 cm³/mol. The Hall–Kier alpha value is -1.03. The smallest absolute Gasteiger partial charge is 0.333 e. The molecule has 8 nitrogen and oxygen atoms in total. The number of rotatable bonds is 35. The van der Waals surface area contributed by atoms with Crippen molar-refractivity contribution in [2.75, 3.05) is 39.6 Å². The molecule has 3 heterocycles. The molecule has 3 unspecified atom stereocenters. The normalized spacial score (nSPS) is 34.8. The van der Waals surface area contributed by atoms with Crippen LogP contribution in [0.2, 0.25) is 0 Å². The lowest BCUT2D eigenvalue weighted by atomic mass is 9.48. The Morgan fingerprint density at radius 1 is 0.443 bits per heavy atom. The lowest BCUT2D eigenvalue weighted by Crippen LogP contribution is -2.74. The fraction of sp³-hybridized carbons (Fsp3) is 0.943. The third kappa shape index (κ3) is 13.5. The van der Waals surface area contributed by atoms with Crippen LogP contribution in [0.1, 0.15) is 240 Å². The van der Waals surface area contributed by atoms with Crippen molar-refractivity contribution < 1.29 is 38.0 Å². The molecular formula is C53H92O8. The molecule has 7 fully saturated rings. The van der Waals surface area contributed by atoms with Crippen molar-refractivity contribution in [2.45, 2.75) is 279 Å². The molecule has 4 bridgehead atoms. The minimum Gasteiger partial charge on any atom is -0.455 e. The van der Waals surface area contributed by atoms with Crippen LogP contribution in [0, 0.1) is 0 Å². The molecule has 0 amide bonds. The van der Waals surface area contributed by atoms with Gasteiger partial charge in [0.1, 0.15) is 5.60 Å². The first-order valence-electron chi connectivity index (χ1n) is 26.2. The first-order valence-corrected chi connectivity index (χ1v) is 26.2. The van der Waals surface area contributed by atoms with E-state index in [0.717, 1.165) is 117 Å². The lowest BCUT2D eigenvalue weighted by molar-refractivity contribution is -0.327. The largest absolute Gasteiger partial charge is 0.455 e. The maximum absolute atomic E-state index is 13.4. The minimum atomic E-state index is -0.675. The summed E-state index contributed by atoms with van der Waals surface area (Å²) in [5.74, 6) is -0.297. The number of unbranched alkanes of at least 4 members (excludes halogenated alkanes) is 12. The van der Waals surface area contributed by atoms with E-state index in [-0.39, 0.29) is 22.8 Å². The van der Waals surface area contributed by atoms with E-state index in [2.05, 4.69) is 27.4 Å². The molecule has 8 heteroatoms. The first kappa shape index (κ1) is 49.4. The van der Waals surface area contributed by atoms with Crippen LogP contribution in [0.15, 0.2) is 12.2 Å². The van der Waals surface area contributed by atoms with Gasteiger partial charge in [0.2, 0.25) is 0 Å². The van der Waals surface area contributed by atoms with E-state index in [4.69, 9.17) is 33.2 Å². The maximum Gasteiger partial charge on any atom is 0.333 e. The molecule has 0 aromatic rings. The molecule has 352 valence electrons. The number of esters is 1. The molecule has 7 rings (SSSR count). The van der Waals surface area contributed by atoms with Crippen molar-refractivity contribution in [3.8, 4) is 0 Å². The standard InChI is InChI=1S/C53H92O8/c1-6-9-24-47(30-36-58-47)27-18-12-15-21-33-55-50-39-51(56-34-22-16-13-19-28-48(25-10-7-2)31-37-59-48)41-52(40-50,44-53(42-50,43-51)61-46(54)45(4)5)57-35-23-17-14-20-29-49(26-11-8-3)32-38-60-49/h4,6-44H2,1-3,5H3. The third-order valence-corrected chi connectivity index (χ3v) is 16.2. The van der Waals surface area contributed by atoms with Gasteiger partial charge in [-0.25, -0.2) is 4.79 Å². The van der Waals surface area contributed by atoms with Gasteiger partial charge in [-0.05, 0) is 84.0 Å². The molecule has 0 spiro atoms. The molecule has 3 atom stereocenters. The molecule has 0 N–H and O–H groups in total. The summed E-state index contributed by atoms with van der Waals surface area (Å²) in [7, 11) is 0. The summed E-state index contributed by atoms with van der Waals surface area (Å²) in [6, 6.07) is 0. The predicted octanol–water partition coefficient (Wildman–Crippen LogP) is 13.4. The zero-order valence-corrected chi connectivity index (χ0v) is 40.1. The topological polar surface area (TPSA) is 81.7 Å². The third-order valence-electron chi connectivity index (χ3n) is 16.2. The second kappa shape index (κ2) is 22.9. The van der Waals surface area contributed by atoms with Crippen LogP contribution < -0.4 is 0 Å². The molecule has 4 saturated carbocycles. The Morgan fingerprint density at radius 3 is 0.984 bits per heavy atom. The zero-order chi connectivity index (χ0) is 43.2. The Balaban J connectivity index is 1.05. The van der Waals surface area contributed by atoms with Gasteiger partial charge in [0.25, 0.3) is 0 Å². The summed E-state index contributed by atoms with van der Waals surface area (Å²) < 4.78 is 46.4. The van der Waals surface area contributed by atoms with Gasteiger partial charge in [-0.2, -0.15) is 0 Å². The van der Waals surface area contributed by atoms with Gasteiger partial charge in [-0.15, -0.1) is 0 Å². The SMILES string of the molecule is C=C(C)C(=O)OC12CC3(OCCCCCCC4(CCCC)CCO4)CC(OCCCCCCC4(CCCC)CCO4)(CC(OCCCCCCC4(CCCC)CCO4)(C3)C1)C2. The van der Waals surface area contributed by atoms with E-state index in [1.807, 2.05) is 0 Å². The number of hydrogen-bond acceptors (Lipinski definition) is 8. The second-order valence-corrected chi connectivity index (χ2v) is 21.7. The fourth-order valence-electron chi connectivity index (χ4n) is 12.9. The van der Waals surface area contributed by atoms with Crippen molar-refractivity contribution in [3.05, 3.63) is 12.2 Å². The van der Waals surface area contributed by atoms with E-state index in [0.29, 0.717) is 5.57 Å². The molecule has 4 aliphatic carbocycles. The maximum atomic E-state index is 13.4. The van der Waals surface area contributed by atoms with Crippen LogP contribution in [0.25, 0.3) is 0 Å². The van der Waals surface area contributed by atoms with Crippen LogP contribution in [-0.4, -0.2) is 84.8 Å². The lowest BCUT2D eigenvalue weighted by Gasteiger charge is -2.68. The highest BCUT2D eigenvalue weighted by Crippen LogP contribution is 2.65. The van der Waals surface area contributed by atoms with E-state index in [1.165, 1.54) is 135 Å². The number of carbonyl (C=O) groups excluding carboxylic acids is 1. The first-order chi connectivity index (χ1) is 29.5. The highest BCUT2D eigenvalue weighted by Gasteiger charge is 2.72. The summed E-state index contributed by atoms with van der Waals surface area (Å²) in [6.45, 7) is 17.6. The van der Waals surface area contributed by atoms with Crippen molar-refractivity contribution in [2.24, 2.45) is 0 Å². The number of ether oxygens (including phenoxy) is 7. The van der Waals surface area contributed by atoms with Crippen molar-refractivity contribution in [1.29, 1.82) is 0 Å². The van der Waals surface area contributed by atoms with Crippen LogP contribution in [0.3, 0.4) is 0 Å². The number of hydrogen-bond donors (Lipinski definition) is 0. The molecule has 0 aromatic carbocycles. The summed E-state index contributed by atoms with van der Waals surface area (Å²) in [4.78, 5) is 13.4. The molecule has 61 heavy (non-hydrogen) atoms. The highest BCUT2D eigenvalue weighted by atomic mass is 16.6. The summed E-state index contributed by atoms with van der Waals surface area (Å²) in [5.41, 5.74) is -1.04. The molecule has 0 radical (unpaired) electrons. The van der Waals surface area contributed by atoms with Crippen LogP contribution in [0.5, 0.6) is 0 Å². The monoisotopic (exact) mass is 857 g/mol. The van der Waals surface area contributed by atoms with Gasteiger partial charge in [-0.3, -0.25) is 0 Å². The van der Waals surface area contributed by atoms with Crippen molar-refractivity contribution in [1.82, 2.24) is 0 Å². The molecule has 0 aromatic heterocycles. The quantitative estimate of drug-likeness (QED) is 0.0354. The van der Waals surface area contributed by atoms with Crippen LogP contribution >= 0.6 is 0 Å². The van der Waals surface area contributed by atoms with Crippen LogP contribution in [0.4, 0.5) is 0 Å². The average Bonchev–Trinajstić information content (AvgIpc) is 3.17. The zero-order valence-electron chi connectivity index (χ0n) is 40.1. The van der Waals surface area contributed by atoms with Gasteiger partial charge in [0.15, 0.2) is 0 Å². The Bertz CT molecular complexity index is 1190. The number of carbonyl (C=O) groups is 1. The van der Waals surface area contributed by atoms with Crippen molar-refractivity contribution >= 4 is 5.97 Å². The Morgan fingerprint density at radius 2 is 0.721 bits per heavy atom. The minimum absolute atomic E-state index is 0.161. The summed E-state index contributed by atoms with van der Waals surface area (Å²) in [5, 5.41) is 0. The van der Waals surface area contributed by atoms with Crippen molar-refractivity contribution in [3.63, 3.8) is 0 Å². The van der Waals surface area contributed by atoms with Gasteiger partial charge in [0, 0.05) is 63.9 Å². The molecule has 7 aliphatic rings. The van der Waals surface area contributed by atoms with E-state index in [9.17, 15) is 4.79 Å². The Kier molecular flexibility index (Phi) is 18.6. The molecule has 3 saturated heterocycles. The van der Waals surface area contributed by atoms with Gasteiger partial charge >= 0.3 is 5.97 Å². The van der Waals surface area contributed by atoms with Gasteiger partial charge < -0.3 is 33.2 Å². The van der Waals surface area contributed by atoms with Gasteiger partial charge in [-0.1, -0.05) is 124 Å². The van der Waals surface area contributed by atoms with Gasteiger partial charge in [0.05, 0.1) is 53.4 Å². The fourth-order valence-corrected chi connectivity index (χ4v) is 12.9. The van der Waals surface area contributed by atoms with Crippen LogP contribution in [-0.2, 0) is 38.0 Å². The summed E-state index contributed by atoms with van der Waals surface area (Å²) >= 11 is 0. The molecule has 3 aliphatic heterocycles. The van der Waals surface area contributed by atoms with E-state index in [1.54, 1.807) is 6.92 Å². The highest BCUT2D eigenvalue weighted by molar-refractivity contribution is 5.87. The molecular weight excluding hydrogens is 765 g/mol. The van der Waals surface area contributed by atoms with E-state index < -0.39 is 22.4 Å². The Labute approximate surface area is 373 Å².